The zero-order valence-electron chi connectivity index (χ0n) is 11.9. The molecule has 0 aromatic heterocycles. The van der Waals surface area contributed by atoms with Crippen molar-refractivity contribution in [2.45, 2.75) is 26.2 Å². The van der Waals surface area contributed by atoms with Crippen molar-refractivity contribution in [2.75, 3.05) is 36.9 Å². The van der Waals surface area contributed by atoms with Crippen LogP contribution in [0.5, 0.6) is 5.75 Å². The Bertz CT molecular complexity index is 452. The van der Waals surface area contributed by atoms with Gasteiger partial charge in [-0.25, -0.2) is 4.39 Å². The molecule has 1 aromatic carbocycles. The number of nitrogens with zero attached hydrogens (tertiary/aromatic N) is 1. The van der Waals surface area contributed by atoms with Crippen molar-refractivity contribution in [1.82, 2.24) is 0 Å². The van der Waals surface area contributed by atoms with Crippen LogP contribution in [0.3, 0.4) is 0 Å². The van der Waals surface area contributed by atoms with Crippen molar-refractivity contribution >= 4 is 11.4 Å². The molecule has 0 radical (unpaired) electrons. The molecule has 0 bridgehead atoms. The third-order valence-corrected chi connectivity index (χ3v) is 3.78. The van der Waals surface area contributed by atoms with Gasteiger partial charge in [-0.3, -0.25) is 0 Å². The van der Waals surface area contributed by atoms with Crippen LogP contribution in [0.25, 0.3) is 0 Å². The van der Waals surface area contributed by atoms with Crippen LogP contribution in [0.15, 0.2) is 12.1 Å². The Morgan fingerprint density at radius 2 is 2.30 bits per heavy atom. The molecule has 5 heteroatoms. The minimum Gasteiger partial charge on any atom is -0.491 e. The van der Waals surface area contributed by atoms with E-state index in [4.69, 9.17) is 15.6 Å². The van der Waals surface area contributed by atoms with Crippen molar-refractivity contribution in [3.05, 3.63) is 17.9 Å². The van der Waals surface area contributed by atoms with Gasteiger partial charge in [0.05, 0.1) is 18.0 Å². The second-order valence-electron chi connectivity index (χ2n) is 5.24. The highest BCUT2D eigenvalue weighted by Gasteiger charge is 2.22. The molecule has 4 nitrogen and oxygen atoms in total. The van der Waals surface area contributed by atoms with Gasteiger partial charge in [0.1, 0.15) is 0 Å². The number of rotatable bonds is 5. The number of piperidine rings is 1. The summed E-state index contributed by atoms with van der Waals surface area (Å²) >= 11 is 0. The topological polar surface area (TPSA) is 58.7 Å². The van der Waals surface area contributed by atoms with E-state index in [9.17, 15) is 4.39 Å². The summed E-state index contributed by atoms with van der Waals surface area (Å²) in [7, 11) is 0. The zero-order valence-corrected chi connectivity index (χ0v) is 11.9. The van der Waals surface area contributed by atoms with Gasteiger partial charge in [0.2, 0.25) is 0 Å². The van der Waals surface area contributed by atoms with Crippen molar-refractivity contribution in [3.8, 4) is 5.75 Å². The van der Waals surface area contributed by atoms with Crippen LogP contribution < -0.4 is 15.4 Å². The van der Waals surface area contributed by atoms with Gasteiger partial charge in [0.25, 0.3) is 0 Å². The average Bonchev–Trinajstić information content (AvgIpc) is 2.43. The molecule has 1 fully saturated rings. The van der Waals surface area contributed by atoms with Crippen molar-refractivity contribution in [1.29, 1.82) is 0 Å². The molecule has 0 spiro atoms. The quantitative estimate of drug-likeness (QED) is 0.814. The van der Waals surface area contributed by atoms with E-state index in [2.05, 4.69) is 4.90 Å². The number of nitrogen functional groups attached to an aromatic ring is 1. The molecule has 1 saturated heterocycles. The molecule has 112 valence electrons. The Morgan fingerprint density at radius 1 is 1.50 bits per heavy atom. The maximum absolute atomic E-state index is 13.7. The number of hydrogen-bond donors (Lipinski definition) is 2. The second kappa shape index (κ2) is 6.79. The Hall–Kier alpha value is -1.49. The number of hydrogen-bond acceptors (Lipinski definition) is 4. The Kier molecular flexibility index (Phi) is 5.06. The normalized spacial score (nSPS) is 19.1. The Labute approximate surface area is 119 Å². The van der Waals surface area contributed by atoms with E-state index >= 15 is 0 Å². The predicted molar refractivity (Wildman–Crippen MR) is 78.6 cm³/mol. The first kappa shape index (κ1) is 14.9. The fraction of sp³-hybridized carbons (Fsp3) is 0.600. The average molecular weight is 282 g/mol. The Morgan fingerprint density at radius 3 is 3.00 bits per heavy atom. The summed E-state index contributed by atoms with van der Waals surface area (Å²) in [6.45, 7) is 4.22. The molecule has 1 heterocycles. The number of benzene rings is 1. The van der Waals surface area contributed by atoms with Gasteiger partial charge in [-0.1, -0.05) is 0 Å². The number of halogens is 1. The lowest BCUT2D eigenvalue weighted by atomic mass is 9.94. The minimum atomic E-state index is -0.419. The highest BCUT2D eigenvalue weighted by molar-refractivity contribution is 5.70. The molecule has 20 heavy (non-hydrogen) atoms. The zero-order chi connectivity index (χ0) is 14.5. The highest BCUT2D eigenvalue weighted by Crippen LogP contribution is 2.34. The molecule has 1 unspecified atom stereocenters. The van der Waals surface area contributed by atoms with E-state index in [0.717, 1.165) is 38.0 Å². The highest BCUT2D eigenvalue weighted by atomic mass is 19.1. The van der Waals surface area contributed by atoms with Crippen LogP contribution in [0.2, 0.25) is 0 Å². The molecular weight excluding hydrogens is 259 g/mol. The summed E-state index contributed by atoms with van der Waals surface area (Å²) in [5, 5.41) is 9.07. The lowest BCUT2D eigenvalue weighted by molar-refractivity contribution is 0.244. The number of anilines is 2. The van der Waals surface area contributed by atoms with Crippen molar-refractivity contribution in [2.24, 2.45) is 5.92 Å². The first-order valence-electron chi connectivity index (χ1n) is 7.23. The fourth-order valence-electron chi connectivity index (χ4n) is 2.80. The SMILES string of the molecule is CCOc1cc(N2CCCC(CCO)C2)c(N)cc1F. The maximum Gasteiger partial charge on any atom is 0.167 e. The van der Waals surface area contributed by atoms with Crippen molar-refractivity contribution < 1.29 is 14.2 Å². The molecular formula is C15H23FN2O2. The molecule has 0 amide bonds. The van der Waals surface area contributed by atoms with E-state index in [0.29, 0.717) is 18.2 Å². The number of aliphatic hydroxyl groups excluding tert-OH is 1. The summed E-state index contributed by atoms with van der Waals surface area (Å²) in [5.74, 6) is 0.298. The first-order valence-corrected chi connectivity index (χ1v) is 7.23. The molecule has 1 aromatic rings. The van der Waals surface area contributed by atoms with Crippen LogP contribution in [0, 0.1) is 11.7 Å². The first-order chi connectivity index (χ1) is 9.65. The largest absolute Gasteiger partial charge is 0.491 e. The minimum absolute atomic E-state index is 0.210. The summed E-state index contributed by atoms with van der Waals surface area (Å²) < 4.78 is 19.0. The van der Waals surface area contributed by atoms with Gasteiger partial charge in [-0.05, 0) is 32.1 Å². The van der Waals surface area contributed by atoms with Gasteiger partial charge < -0.3 is 20.5 Å². The number of ether oxygens (including phenoxy) is 1. The number of nitrogens with two attached hydrogens (primary N) is 1. The summed E-state index contributed by atoms with van der Waals surface area (Å²) in [6.07, 6.45) is 2.98. The summed E-state index contributed by atoms with van der Waals surface area (Å²) in [4.78, 5) is 2.17. The van der Waals surface area contributed by atoms with Crippen LogP contribution in [-0.4, -0.2) is 31.4 Å². The van der Waals surface area contributed by atoms with Crippen LogP contribution in [0.1, 0.15) is 26.2 Å². The van der Waals surface area contributed by atoms with Gasteiger partial charge >= 0.3 is 0 Å². The van der Waals surface area contributed by atoms with E-state index in [1.807, 2.05) is 6.92 Å². The molecule has 0 saturated carbocycles. The van der Waals surface area contributed by atoms with Gasteiger partial charge in [-0.15, -0.1) is 0 Å². The fourth-order valence-corrected chi connectivity index (χ4v) is 2.80. The lowest BCUT2D eigenvalue weighted by Crippen LogP contribution is -2.36. The van der Waals surface area contributed by atoms with E-state index < -0.39 is 5.82 Å². The van der Waals surface area contributed by atoms with Crippen LogP contribution >= 0.6 is 0 Å². The smallest absolute Gasteiger partial charge is 0.167 e. The van der Waals surface area contributed by atoms with Gasteiger partial charge in [0.15, 0.2) is 11.6 Å². The van der Waals surface area contributed by atoms with E-state index in [-0.39, 0.29) is 12.4 Å². The molecule has 1 aliphatic heterocycles. The molecule has 3 N–H and O–H groups in total. The Balaban J connectivity index is 2.20. The maximum atomic E-state index is 13.7. The molecule has 2 rings (SSSR count). The third-order valence-electron chi connectivity index (χ3n) is 3.78. The van der Waals surface area contributed by atoms with Crippen LogP contribution in [0.4, 0.5) is 15.8 Å². The predicted octanol–water partition coefficient (Wildman–Crippen LogP) is 2.41. The van der Waals surface area contributed by atoms with E-state index in [1.165, 1.54) is 6.07 Å². The molecule has 1 atom stereocenters. The van der Waals surface area contributed by atoms with E-state index in [1.54, 1.807) is 6.07 Å². The van der Waals surface area contributed by atoms with Gasteiger partial charge in [-0.2, -0.15) is 0 Å². The lowest BCUT2D eigenvalue weighted by Gasteiger charge is -2.35. The molecule has 1 aliphatic rings. The second-order valence-corrected chi connectivity index (χ2v) is 5.24. The van der Waals surface area contributed by atoms with Crippen molar-refractivity contribution in [3.63, 3.8) is 0 Å². The van der Waals surface area contributed by atoms with Crippen LogP contribution in [-0.2, 0) is 0 Å². The van der Waals surface area contributed by atoms with Gasteiger partial charge in [0, 0.05) is 31.8 Å². The summed E-state index contributed by atoms with van der Waals surface area (Å²) in [5.41, 5.74) is 7.22. The third kappa shape index (κ3) is 3.33. The summed E-state index contributed by atoms with van der Waals surface area (Å²) in [6, 6.07) is 3.02. The standard InChI is InChI=1S/C15H23FN2O2/c1-2-20-15-9-14(13(17)8-12(15)16)18-6-3-4-11(10-18)5-7-19/h8-9,11,19H,2-7,10,17H2,1H3. The molecule has 0 aliphatic carbocycles. The monoisotopic (exact) mass is 282 g/mol. The number of aliphatic hydroxyl groups is 1.